The number of rotatable bonds is 10. The van der Waals surface area contributed by atoms with Crippen molar-refractivity contribution in [1.82, 2.24) is 0 Å². The monoisotopic (exact) mass is 454 g/mol. The molecule has 2 aromatic rings. The van der Waals surface area contributed by atoms with Gasteiger partial charge in [0.2, 0.25) is 0 Å². The highest BCUT2D eigenvalue weighted by molar-refractivity contribution is 5.82. The molecule has 0 heterocycles. The van der Waals surface area contributed by atoms with Crippen LogP contribution in [0.1, 0.15) is 58.6 Å². The minimum atomic E-state index is -1.01. The second-order valence-electron chi connectivity index (χ2n) is 9.73. The predicted octanol–water partition coefficient (Wildman–Crippen LogP) is 5.24. The Balaban J connectivity index is 2.06. The molecule has 2 aromatic carbocycles. The minimum absolute atomic E-state index is 0.0867. The third-order valence-electron chi connectivity index (χ3n) is 4.91. The van der Waals surface area contributed by atoms with E-state index in [0.717, 1.165) is 11.1 Å². The Morgan fingerprint density at radius 3 is 1.73 bits per heavy atom. The van der Waals surface area contributed by atoms with Crippen molar-refractivity contribution in [1.29, 1.82) is 0 Å². The van der Waals surface area contributed by atoms with Gasteiger partial charge >= 0.3 is 17.9 Å². The fourth-order valence-corrected chi connectivity index (χ4v) is 3.29. The van der Waals surface area contributed by atoms with E-state index in [-0.39, 0.29) is 26.1 Å². The maximum absolute atomic E-state index is 12.9. The largest absolute Gasteiger partial charge is 0.461 e. The fourth-order valence-electron chi connectivity index (χ4n) is 3.29. The average Bonchev–Trinajstić information content (AvgIpc) is 2.75. The zero-order valence-corrected chi connectivity index (χ0v) is 20.1. The first kappa shape index (κ1) is 26.1. The van der Waals surface area contributed by atoms with E-state index in [1.807, 2.05) is 60.7 Å². The minimum Gasteiger partial charge on any atom is -0.461 e. The van der Waals surface area contributed by atoms with Crippen LogP contribution in [0.5, 0.6) is 0 Å². The van der Waals surface area contributed by atoms with Crippen LogP contribution in [0.3, 0.4) is 0 Å². The Kier molecular flexibility index (Phi) is 9.21. The van der Waals surface area contributed by atoms with Crippen molar-refractivity contribution in [3.63, 3.8) is 0 Å². The molecule has 6 heteroatoms. The molecule has 0 aliphatic rings. The van der Waals surface area contributed by atoms with E-state index in [1.54, 1.807) is 34.6 Å². The number of hydrogen-bond acceptors (Lipinski definition) is 6. The summed E-state index contributed by atoms with van der Waals surface area (Å²) in [5.74, 6) is -2.36. The van der Waals surface area contributed by atoms with Crippen molar-refractivity contribution in [3.8, 4) is 0 Å². The normalized spacial score (nSPS) is 12.5. The summed E-state index contributed by atoms with van der Waals surface area (Å²) < 4.78 is 16.4. The van der Waals surface area contributed by atoms with Crippen molar-refractivity contribution in [2.45, 2.75) is 66.3 Å². The molecule has 0 saturated heterocycles. The number of esters is 3. The van der Waals surface area contributed by atoms with Crippen molar-refractivity contribution < 1.29 is 28.6 Å². The molecule has 0 aliphatic carbocycles. The van der Waals surface area contributed by atoms with E-state index in [9.17, 15) is 14.4 Å². The molecule has 1 atom stereocenters. The van der Waals surface area contributed by atoms with Crippen LogP contribution in [0.25, 0.3) is 0 Å². The molecule has 0 aromatic heterocycles. The summed E-state index contributed by atoms with van der Waals surface area (Å²) >= 11 is 0. The van der Waals surface area contributed by atoms with Gasteiger partial charge in [0, 0.05) is 0 Å². The van der Waals surface area contributed by atoms with E-state index in [2.05, 4.69) is 0 Å². The number of carbonyl (C=O) groups is 3. The first-order valence-electron chi connectivity index (χ1n) is 11.1. The number of benzene rings is 2. The molecule has 33 heavy (non-hydrogen) atoms. The van der Waals surface area contributed by atoms with Gasteiger partial charge in [-0.15, -0.1) is 0 Å². The van der Waals surface area contributed by atoms with Crippen LogP contribution in [0.4, 0.5) is 0 Å². The molecule has 0 spiro atoms. The van der Waals surface area contributed by atoms with E-state index < -0.39 is 34.8 Å². The maximum atomic E-state index is 12.9. The zero-order chi connectivity index (χ0) is 24.5. The average molecular weight is 455 g/mol. The van der Waals surface area contributed by atoms with Gasteiger partial charge < -0.3 is 14.2 Å². The van der Waals surface area contributed by atoms with Gasteiger partial charge in [-0.3, -0.25) is 14.4 Å². The lowest BCUT2D eigenvalue weighted by Gasteiger charge is -2.27. The molecule has 0 saturated carbocycles. The van der Waals surface area contributed by atoms with Gasteiger partial charge in [0.05, 0.1) is 17.8 Å². The Labute approximate surface area is 196 Å². The fraction of sp³-hybridized carbons (Fsp3) is 0.444. The van der Waals surface area contributed by atoms with Gasteiger partial charge in [-0.05, 0) is 52.2 Å². The van der Waals surface area contributed by atoms with Crippen LogP contribution < -0.4 is 0 Å². The summed E-state index contributed by atoms with van der Waals surface area (Å²) in [5, 5.41) is 0. The molecule has 0 bridgehead atoms. The molecule has 0 radical (unpaired) electrons. The number of carbonyl (C=O) groups excluding carboxylic acids is 3. The molecule has 0 aliphatic heterocycles. The Bertz CT molecular complexity index is 913. The third kappa shape index (κ3) is 9.48. The van der Waals surface area contributed by atoms with E-state index in [4.69, 9.17) is 14.2 Å². The molecular formula is C27H34O6. The lowest BCUT2D eigenvalue weighted by molar-refractivity contribution is -0.166. The Morgan fingerprint density at radius 2 is 1.24 bits per heavy atom. The maximum Gasteiger partial charge on any atom is 0.311 e. The van der Waals surface area contributed by atoms with Gasteiger partial charge in [0.1, 0.15) is 18.8 Å². The van der Waals surface area contributed by atoms with E-state index >= 15 is 0 Å². The molecule has 2 rings (SSSR count). The molecule has 1 unspecified atom stereocenters. The summed E-state index contributed by atoms with van der Waals surface area (Å²) in [7, 11) is 0. The van der Waals surface area contributed by atoms with Crippen LogP contribution in [-0.2, 0) is 41.8 Å². The van der Waals surface area contributed by atoms with Gasteiger partial charge in [-0.1, -0.05) is 60.7 Å². The Morgan fingerprint density at radius 1 is 0.758 bits per heavy atom. The first-order valence-corrected chi connectivity index (χ1v) is 11.1. The molecular weight excluding hydrogens is 420 g/mol. The summed E-state index contributed by atoms with van der Waals surface area (Å²) in [6.45, 7) is 8.91. The molecule has 178 valence electrons. The lowest BCUT2D eigenvalue weighted by Crippen LogP contribution is -2.34. The lowest BCUT2D eigenvalue weighted by atomic mass is 9.81. The predicted molar refractivity (Wildman–Crippen MR) is 125 cm³/mol. The standard InChI is InChI=1S/C27H34O6/c1-26(2,3)33-23(28)16-22(24(29)31-18-20-12-8-6-9-13-20)17-27(4,5)25(30)32-19-21-14-10-7-11-15-21/h6-15,22H,16-19H2,1-5H3. The zero-order valence-electron chi connectivity index (χ0n) is 20.1. The van der Waals surface area contributed by atoms with Crippen molar-refractivity contribution in [2.24, 2.45) is 11.3 Å². The van der Waals surface area contributed by atoms with Crippen LogP contribution in [0, 0.1) is 11.3 Å². The highest BCUT2D eigenvalue weighted by atomic mass is 16.6. The summed E-state index contributed by atoms with van der Waals surface area (Å²) in [4.78, 5) is 38.2. The summed E-state index contributed by atoms with van der Waals surface area (Å²) in [6.07, 6.45) is -0.0895. The van der Waals surface area contributed by atoms with Crippen LogP contribution in [0.2, 0.25) is 0 Å². The van der Waals surface area contributed by atoms with Crippen LogP contribution >= 0.6 is 0 Å². The highest BCUT2D eigenvalue weighted by Crippen LogP contribution is 2.31. The van der Waals surface area contributed by atoms with E-state index in [0.29, 0.717) is 0 Å². The summed E-state index contributed by atoms with van der Waals surface area (Å²) in [5.41, 5.74) is 0.0186. The molecule has 0 fully saturated rings. The molecule has 6 nitrogen and oxygen atoms in total. The third-order valence-corrected chi connectivity index (χ3v) is 4.91. The molecule has 0 N–H and O–H groups in total. The highest BCUT2D eigenvalue weighted by Gasteiger charge is 2.37. The SMILES string of the molecule is CC(C)(C)OC(=O)CC(CC(C)(C)C(=O)OCc1ccccc1)C(=O)OCc1ccccc1. The van der Waals surface area contributed by atoms with Gasteiger partial charge in [-0.25, -0.2) is 0 Å². The Hall–Kier alpha value is -3.15. The van der Waals surface area contributed by atoms with Crippen molar-refractivity contribution in [3.05, 3.63) is 71.8 Å². The van der Waals surface area contributed by atoms with Crippen LogP contribution in [0.15, 0.2) is 60.7 Å². The van der Waals surface area contributed by atoms with Crippen molar-refractivity contribution >= 4 is 17.9 Å². The smallest absolute Gasteiger partial charge is 0.311 e. The van der Waals surface area contributed by atoms with Gasteiger partial charge in [0.25, 0.3) is 0 Å². The summed E-state index contributed by atoms with van der Waals surface area (Å²) in [6, 6.07) is 18.6. The second-order valence-corrected chi connectivity index (χ2v) is 9.73. The second kappa shape index (κ2) is 11.6. The molecule has 0 amide bonds. The van der Waals surface area contributed by atoms with Gasteiger partial charge in [0.15, 0.2) is 0 Å². The number of hydrogen-bond donors (Lipinski definition) is 0. The quantitative estimate of drug-likeness (QED) is 0.361. The van der Waals surface area contributed by atoms with Gasteiger partial charge in [-0.2, -0.15) is 0 Å². The van der Waals surface area contributed by atoms with Crippen molar-refractivity contribution in [2.75, 3.05) is 0 Å². The van der Waals surface area contributed by atoms with Crippen LogP contribution in [-0.4, -0.2) is 23.5 Å². The number of ether oxygens (including phenoxy) is 3. The first-order chi connectivity index (χ1) is 15.5. The topological polar surface area (TPSA) is 78.9 Å². The van der Waals surface area contributed by atoms with E-state index in [1.165, 1.54) is 0 Å².